The minimum Gasteiger partial charge on any atom is -0.310 e. The van der Waals surface area contributed by atoms with E-state index in [9.17, 15) is 0 Å². The SMILES string of the molecule is Cc1cccc(C)c1-c1ccc(N(c2ccc(-c3c(C)cccc3C)cc2)c2ccc3c(c2)C(C)(C)c2cc4c(cc2-3)-c2ccccc2C4(c2ccccc2)c2ccccc2)cc1. The Morgan fingerprint density at radius 2 is 0.746 bits per heavy atom. The van der Waals surface area contributed by atoms with E-state index >= 15 is 0 Å². The van der Waals surface area contributed by atoms with Crippen molar-refractivity contribution < 1.29 is 0 Å². The molecule has 0 radical (unpaired) electrons. The van der Waals surface area contributed by atoms with Crippen LogP contribution in [0.1, 0.15) is 69.5 Å². The fraction of sp³-hybridized carbons (Fsp3) is 0.129. The lowest BCUT2D eigenvalue weighted by Gasteiger charge is -2.34. The molecule has 0 aliphatic heterocycles. The van der Waals surface area contributed by atoms with E-state index in [2.05, 4.69) is 247 Å². The van der Waals surface area contributed by atoms with Gasteiger partial charge in [-0.05, 0) is 170 Å². The molecule has 0 saturated heterocycles. The van der Waals surface area contributed by atoms with E-state index in [0.717, 1.165) is 17.1 Å². The van der Waals surface area contributed by atoms with Gasteiger partial charge in [-0.3, -0.25) is 0 Å². The molecule has 2 aliphatic carbocycles. The summed E-state index contributed by atoms with van der Waals surface area (Å²) >= 11 is 0. The summed E-state index contributed by atoms with van der Waals surface area (Å²) < 4.78 is 0. The molecule has 0 bridgehead atoms. The molecule has 9 aromatic rings. The Morgan fingerprint density at radius 1 is 0.317 bits per heavy atom. The Hall–Kier alpha value is -7.22. The van der Waals surface area contributed by atoms with Crippen molar-refractivity contribution >= 4 is 17.1 Å². The Morgan fingerprint density at radius 3 is 1.27 bits per heavy atom. The topological polar surface area (TPSA) is 3.24 Å². The normalized spacial score (nSPS) is 13.8. The molecule has 0 fully saturated rings. The number of nitrogens with zero attached hydrogens (tertiary/aromatic N) is 1. The van der Waals surface area contributed by atoms with Crippen molar-refractivity contribution in [2.24, 2.45) is 0 Å². The number of rotatable bonds is 7. The summed E-state index contributed by atoms with van der Waals surface area (Å²) in [5, 5.41) is 0. The molecule has 11 rings (SSSR count). The van der Waals surface area contributed by atoms with E-state index in [1.54, 1.807) is 0 Å². The maximum absolute atomic E-state index is 2.57. The van der Waals surface area contributed by atoms with Gasteiger partial charge in [0.1, 0.15) is 0 Å². The molecule has 1 heteroatoms. The predicted molar refractivity (Wildman–Crippen MR) is 266 cm³/mol. The molecular weight excluding hydrogens is 759 g/mol. The number of aryl methyl sites for hydroxylation is 4. The average molecular weight is 810 g/mol. The molecule has 1 nitrogen and oxygen atoms in total. The molecule has 0 atom stereocenters. The van der Waals surface area contributed by atoms with Crippen LogP contribution in [0.15, 0.2) is 200 Å². The van der Waals surface area contributed by atoms with E-state index in [1.807, 2.05) is 0 Å². The zero-order valence-electron chi connectivity index (χ0n) is 37.0. The van der Waals surface area contributed by atoms with Gasteiger partial charge in [-0.25, -0.2) is 0 Å². The Bertz CT molecular complexity index is 3030. The molecule has 0 spiro atoms. The van der Waals surface area contributed by atoms with Crippen molar-refractivity contribution in [1.29, 1.82) is 0 Å². The third-order valence-corrected chi connectivity index (χ3v) is 14.3. The van der Waals surface area contributed by atoms with Crippen LogP contribution in [0.3, 0.4) is 0 Å². The monoisotopic (exact) mass is 809 g/mol. The summed E-state index contributed by atoms with van der Waals surface area (Å²) in [5.74, 6) is 0. The Balaban J connectivity index is 1.07. The first kappa shape index (κ1) is 38.7. The smallest absolute Gasteiger partial charge is 0.0713 e. The number of hydrogen-bond acceptors (Lipinski definition) is 1. The van der Waals surface area contributed by atoms with Crippen LogP contribution in [-0.4, -0.2) is 0 Å². The molecule has 0 unspecified atom stereocenters. The van der Waals surface area contributed by atoms with Gasteiger partial charge in [0.05, 0.1) is 5.41 Å². The maximum Gasteiger partial charge on any atom is 0.0713 e. The fourth-order valence-electron chi connectivity index (χ4n) is 11.3. The standard InChI is InChI=1S/C62H51N/c1-40-17-15-18-41(2)59(40)44-27-31-48(32-28-44)63(49-33-29-45(30-34-49)60-42(3)19-16-20-43(60)4)50-35-36-52-53-38-54-51-25-13-14-26-55(51)62(46-21-9-7-10-22-46,47-23-11-8-12-24-47)58(54)39-57(53)61(5,6)56(52)37-50/h7-39H,1-6H3. The lowest BCUT2D eigenvalue weighted by atomic mass is 9.67. The molecule has 0 amide bonds. The minimum absolute atomic E-state index is 0.256. The Labute approximate surface area is 373 Å². The molecule has 0 heterocycles. The van der Waals surface area contributed by atoms with Gasteiger partial charge in [-0.15, -0.1) is 0 Å². The first-order valence-corrected chi connectivity index (χ1v) is 22.3. The van der Waals surface area contributed by atoms with E-state index < -0.39 is 5.41 Å². The molecule has 0 aromatic heterocycles. The number of benzene rings is 9. The van der Waals surface area contributed by atoms with Crippen LogP contribution >= 0.6 is 0 Å². The molecule has 2 aliphatic rings. The summed E-state index contributed by atoms with van der Waals surface area (Å²) in [7, 11) is 0. The fourth-order valence-corrected chi connectivity index (χ4v) is 11.3. The van der Waals surface area contributed by atoms with E-state index in [-0.39, 0.29) is 5.41 Å². The maximum atomic E-state index is 2.57. The highest BCUT2D eigenvalue weighted by molar-refractivity contribution is 5.94. The van der Waals surface area contributed by atoms with Gasteiger partial charge in [0.25, 0.3) is 0 Å². The largest absolute Gasteiger partial charge is 0.310 e. The van der Waals surface area contributed by atoms with Gasteiger partial charge in [0.15, 0.2) is 0 Å². The van der Waals surface area contributed by atoms with Crippen molar-refractivity contribution in [3.63, 3.8) is 0 Å². The summed E-state index contributed by atoms with van der Waals surface area (Å²) in [6, 6.07) is 75.1. The van der Waals surface area contributed by atoms with Gasteiger partial charge in [-0.2, -0.15) is 0 Å². The van der Waals surface area contributed by atoms with Crippen LogP contribution < -0.4 is 4.90 Å². The average Bonchev–Trinajstić information content (AvgIpc) is 3.72. The van der Waals surface area contributed by atoms with Crippen molar-refractivity contribution in [2.45, 2.75) is 52.4 Å². The van der Waals surface area contributed by atoms with Crippen molar-refractivity contribution in [3.8, 4) is 44.5 Å². The molecule has 0 N–H and O–H groups in total. The molecule has 304 valence electrons. The van der Waals surface area contributed by atoms with Crippen molar-refractivity contribution in [3.05, 3.63) is 256 Å². The van der Waals surface area contributed by atoms with Gasteiger partial charge in [0, 0.05) is 22.5 Å². The van der Waals surface area contributed by atoms with Gasteiger partial charge < -0.3 is 4.90 Å². The first-order valence-electron chi connectivity index (χ1n) is 22.3. The number of hydrogen-bond donors (Lipinski definition) is 0. The number of fused-ring (bicyclic) bond motifs is 6. The van der Waals surface area contributed by atoms with Crippen molar-refractivity contribution in [2.75, 3.05) is 4.90 Å². The van der Waals surface area contributed by atoms with Crippen LogP contribution in [0, 0.1) is 27.7 Å². The summed E-state index contributed by atoms with van der Waals surface area (Å²) in [6.07, 6.45) is 0. The zero-order valence-corrected chi connectivity index (χ0v) is 37.0. The third-order valence-electron chi connectivity index (χ3n) is 14.3. The van der Waals surface area contributed by atoms with E-state index in [0.29, 0.717) is 0 Å². The van der Waals surface area contributed by atoms with Gasteiger partial charge in [-0.1, -0.05) is 172 Å². The molecular formula is C62H51N. The van der Waals surface area contributed by atoms with Crippen molar-refractivity contribution in [1.82, 2.24) is 0 Å². The Kier molecular flexibility index (Phi) is 9.03. The van der Waals surface area contributed by atoms with Gasteiger partial charge >= 0.3 is 0 Å². The zero-order chi connectivity index (χ0) is 43.0. The lowest BCUT2D eigenvalue weighted by Crippen LogP contribution is -2.29. The first-order chi connectivity index (χ1) is 30.7. The molecule has 0 saturated carbocycles. The van der Waals surface area contributed by atoms with Crippen LogP contribution in [-0.2, 0) is 10.8 Å². The highest BCUT2D eigenvalue weighted by atomic mass is 15.1. The third kappa shape index (κ3) is 5.90. The second-order valence-corrected chi connectivity index (χ2v) is 18.3. The van der Waals surface area contributed by atoms with E-state index in [1.165, 1.54) is 100 Å². The highest BCUT2D eigenvalue weighted by Gasteiger charge is 2.48. The summed E-state index contributed by atoms with van der Waals surface area (Å²) in [5.41, 5.74) is 26.3. The highest BCUT2D eigenvalue weighted by Crippen LogP contribution is 2.60. The van der Waals surface area contributed by atoms with E-state index in [4.69, 9.17) is 0 Å². The molecule has 9 aromatic carbocycles. The van der Waals surface area contributed by atoms with Crippen LogP contribution in [0.2, 0.25) is 0 Å². The lowest BCUT2D eigenvalue weighted by molar-refractivity contribution is 0.656. The van der Waals surface area contributed by atoms with Crippen LogP contribution in [0.25, 0.3) is 44.5 Å². The van der Waals surface area contributed by atoms with Crippen LogP contribution in [0.4, 0.5) is 17.1 Å². The number of anilines is 3. The van der Waals surface area contributed by atoms with Gasteiger partial charge in [0.2, 0.25) is 0 Å². The predicted octanol–water partition coefficient (Wildman–Crippen LogP) is 16.4. The minimum atomic E-state index is -0.442. The molecule has 63 heavy (non-hydrogen) atoms. The quantitative estimate of drug-likeness (QED) is 0.155. The van der Waals surface area contributed by atoms with Crippen LogP contribution in [0.5, 0.6) is 0 Å². The summed E-state index contributed by atoms with van der Waals surface area (Å²) in [4.78, 5) is 2.44. The second kappa shape index (κ2) is 14.7. The second-order valence-electron chi connectivity index (χ2n) is 18.3. The summed E-state index contributed by atoms with van der Waals surface area (Å²) in [6.45, 7) is 13.7.